The van der Waals surface area contributed by atoms with E-state index in [2.05, 4.69) is 20.4 Å². The van der Waals surface area contributed by atoms with Crippen molar-refractivity contribution >= 4 is 29.2 Å². The molecular weight excluding hydrogens is 377 g/mol. The lowest BCUT2D eigenvalue weighted by molar-refractivity contribution is 0.0600. The molecule has 0 fully saturated rings. The topological polar surface area (TPSA) is 97.4 Å². The summed E-state index contributed by atoms with van der Waals surface area (Å²) in [7, 11) is 1.26. The molecule has 1 aromatic heterocycles. The van der Waals surface area contributed by atoms with Crippen molar-refractivity contribution in [3.63, 3.8) is 0 Å². The maximum absolute atomic E-state index is 13.0. The summed E-state index contributed by atoms with van der Waals surface area (Å²) < 4.78 is 17.6. The molecule has 146 valence electrons. The van der Waals surface area contributed by atoms with E-state index >= 15 is 0 Å². The Labute approximate surface area is 165 Å². The fraction of sp³-hybridized carbons (Fsp3) is 0.0476. The molecule has 0 spiro atoms. The quantitative estimate of drug-likeness (QED) is 0.647. The molecule has 0 aliphatic heterocycles. The van der Waals surface area contributed by atoms with Gasteiger partial charge in [-0.15, -0.1) is 0 Å². The van der Waals surface area contributed by atoms with Gasteiger partial charge in [0.1, 0.15) is 17.2 Å². The van der Waals surface area contributed by atoms with Gasteiger partial charge in [0.05, 0.1) is 12.7 Å². The number of hydrogen-bond donors (Lipinski definition) is 2. The minimum absolute atomic E-state index is 0.0141. The number of halogens is 1. The molecule has 3 rings (SSSR count). The number of aromatic nitrogens is 1. The normalized spacial score (nSPS) is 10.1. The average Bonchev–Trinajstić information content (AvgIpc) is 2.75. The molecule has 0 bridgehead atoms. The first-order chi connectivity index (χ1) is 14.0. The molecule has 29 heavy (non-hydrogen) atoms. The number of methoxy groups -OCH3 is 1. The summed E-state index contributed by atoms with van der Waals surface area (Å²) in [5.74, 6) is -2.04. The molecular formula is C21H16FN3O4. The summed E-state index contributed by atoms with van der Waals surface area (Å²) in [4.78, 5) is 40.5. The maximum atomic E-state index is 13.0. The fourth-order valence-electron chi connectivity index (χ4n) is 2.45. The van der Waals surface area contributed by atoms with Crippen LogP contribution in [0.5, 0.6) is 0 Å². The Morgan fingerprint density at radius 1 is 0.828 bits per heavy atom. The van der Waals surface area contributed by atoms with E-state index in [1.807, 2.05) is 0 Å². The van der Waals surface area contributed by atoms with Gasteiger partial charge in [-0.05, 0) is 54.6 Å². The number of esters is 1. The van der Waals surface area contributed by atoms with Crippen LogP contribution in [0.1, 0.15) is 31.3 Å². The largest absolute Gasteiger partial charge is 0.465 e. The Balaban J connectivity index is 1.73. The molecule has 0 radical (unpaired) electrons. The minimum Gasteiger partial charge on any atom is -0.465 e. The van der Waals surface area contributed by atoms with Gasteiger partial charge in [-0.1, -0.05) is 12.1 Å². The Kier molecular flexibility index (Phi) is 5.94. The molecule has 2 aromatic carbocycles. The van der Waals surface area contributed by atoms with Crippen LogP contribution in [0.3, 0.4) is 0 Å². The van der Waals surface area contributed by atoms with Crippen LogP contribution in [-0.4, -0.2) is 29.9 Å². The molecule has 0 atom stereocenters. The standard InChI is InChI=1S/C21H16FN3O4/c1-29-21(28)13-4-2-5-16(12-13)24-20(27)18-7-3-6-17(25-18)19(26)23-15-10-8-14(22)9-11-15/h2-12H,1H3,(H,23,26)(H,24,27). The number of amides is 2. The molecule has 2 N–H and O–H groups in total. The molecule has 0 saturated heterocycles. The van der Waals surface area contributed by atoms with Crippen LogP contribution in [0.2, 0.25) is 0 Å². The molecule has 0 aliphatic rings. The predicted octanol–water partition coefficient (Wildman–Crippen LogP) is 3.51. The number of rotatable bonds is 5. The summed E-state index contributed by atoms with van der Waals surface area (Å²) >= 11 is 0. The third-order valence-corrected chi connectivity index (χ3v) is 3.86. The van der Waals surface area contributed by atoms with Crippen LogP contribution in [0.4, 0.5) is 15.8 Å². The highest BCUT2D eigenvalue weighted by Crippen LogP contribution is 2.14. The van der Waals surface area contributed by atoms with E-state index in [4.69, 9.17) is 0 Å². The van der Waals surface area contributed by atoms with Crippen molar-refractivity contribution in [3.05, 3.63) is 89.5 Å². The Bertz CT molecular complexity index is 1070. The number of ether oxygens (including phenoxy) is 1. The monoisotopic (exact) mass is 393 g/mol. The van der Waals surface area contributed by atoms with E-state index in [9.17, 15) is 18.8 Å². The summed E-state index contributed by atoms with van der Waals surface area (Å²) in [5, 5.41) is 5.19. The van der Waals surface area contributed by atoms with Gasteiger partial charge in [-0.25, -0.2) is 14.2 Å². The maximum Gasteiger partial charge on any atom is 0.337 e. The number of nitrogens with one attached hydrogen (secondary N) is 2. The molecule has 7 nitrogen and oxygen atoms in total. The molecule has 8 heteroatoms. The number of hydrogen-bond acceptors (Lipinski definition) is 5. The predicted molar refractivity (Wildman–Crippen MR) is 104 cm³/mol. The van der Waals surface area contributed by atoms with Crippen LogP contribution in [-0.2, 0) is 4.74 Å². The highest BCUT2D eigenvalue weighted by molar-refractivity contribution is 6.06. The van der Waals surface area contributed by atoms with E-state index < -0.39 is 23.6 Å². The van der Waals surface area contributed by atoms with Crippen molar-refractivity contribution in [1.82, 2.24) is 4.98 Å². The number of anilines is 2. The number of benzene rings is 2. The summed E-state index contributed by atoms with van der Waals surface area (Å²) in [6, 6.07) is 15.9. The van der Waals surface area contributed by atoms with Gasteiger partial charge in [-0.2, -0.15) is 0 Å². The van der Waals surface area contributed by atoms with E-state index in [0.717, 1.165) is 0 Å². The van der Waals surface area contributed by atoms with Crippen LogP contribution in [0.15, 0.2) is 66.7 Å². The molecule has 0 aliphatic carbocycles. The first-order valence-electron chi connectivity index (χ1n) is 8.50. The first kappa shape index (κ1) is 19.7. The highest BCUT2D eigenvalue weighted by Gasteiger charge is 2.14. The van der Waals surface area contributed by atoms with E-state index in [1.165, 1.54) is 55.6 Å². The van der Waals surface area contributed by atoms with Crippen molar-refractivity contribution < 1.29 is 23.5 Å². The first-order valence-corrected chi connectivity index (χ1v) is 8.50. The SMILES string of the molecule is COC(=O)c1cccc(NC(=O)c2cccc(C(=O)Nc3ccc(F)cc3)n2)c1. The Hall–Kier alpha value is -4.07. The molecule has 2 amide bonds. The van der Waals surface area contributed by atoms with Crippen LogP contribution < -0.4 is 10.6 Å². The lowest BCUT2D eigenvalue weighted by Crippen LogP contribution is -2.18. The zero-order valence-electron chi connectivity index (χ0n) is 15.3. The fourth-order valence-corrected chi connectivity index (χ4v) is 2.45. The number of pyridine rings is 1. The van der Waals surface area contributed by atoms with Gasteiger partial charge < -0.3 is 15.4 Å². The third kappa shape index (κ3) is 5.01. The highest BCUT2D eigenvalue weighted by atomic mass is 19.1. The number of carbonyl (C=O) groups excluding carboxylic acids is 3. The van der Waals surface area contributed by atoms with Gasteiger partial charge >= 0.3 is 5.97 Å². The second kappa shape index (κ2) is 8.75. The van der Waals surface area contributed by atoms with Crippen LogP contribution in [0.25, 0.3) is 0 Å². The molecule has 3 aromatic rings. The third-order valence-electron chi connectivity index (χ3n) is 3.86. The zero-order chi connectivity index (χ0) is 20.8. The number of carbonyl (C=O) groups is 3. The lowest BCUT2D eigenvalue weighted by Gasteiger charge is -2.08. The Morgan fingerprint density at radius 2 is 1.41 bits per heavy atom. The molecule has 0 saturated carbocycles. The van der Waals surface area contributed by atoms with Gasteiger partial charge in [0.15, 0.2) is 0 Å². The van der Waals surface area contributed by atoms with Crippen molar-refractivity contribution in [2.75, 3.05) is 17.7 Å². The van der Waals surface area contributed by atoms with Gasteiger partial charge in [0.2, 0.25) is 0 Å². The second-order valence-electron chi connectivity index (χ2n) is 5.90. The van der Waals surface area contributed by atoms with Crippen LogP contribution >= 0.6 is 0 Å². The summed E-state index contributed by atoms with van der Waals surface area (Å²) in [6.45, 7) is 0. The van der Waals surface area contributed by atoms with Gasteiger partial charge in [0.25, 0.3) is 11.8 Å². The summed E-state index contributed by atoms with van der Waals surface area (Å²) in [6.07, 6.45) is 0. The van der Waals surface area contributed by atoms with E-state index in [0.29, 0.717) is 11.4 Å². The minimum atomic E-state index is -0.552. The average molecular weight is 393 g/mol. The van der Waals surface area contributed by atoms with Crippen LogP contribution in [0, 0.1) is 5.82 Å². The molecule has 0 unspecified atom stereocenters. The van der Waals surface area contributed by atoms with Gasteiger partial charge in [0, 0.05) is 11.4 Å². The van der Waals surface area contributed by atoms with Crippen molar-refractivity contribution in [2.45, 2.75) is 0 Å². The Morgan fingerprint density at radius 3 is 2.03 bits per heavy atom. The smallest absolute Gasteiger partial charge is 0.337 e. The van der Waals surface area contributed by atoms with E-state index in [1.54, 1.807) is 18.2 Å². The number of nitrogens with zero attached hydrogens (tertiary/aromatic N) is 1. The van der Waals surface area contributed by atoms with Crippen molar-refractivity contribution in [1.29, 1.82) is 0 Å². The van der Waals surface area contributed by atoms with Crippen molar-refractivity contribution in [3.8, 4) is 0 Å². The zero-order valence-corrected chi connectivity index (χ0v) is 15.3. The van der Waals surface area contributed by atoms with Crippen molar-refractivity contribution in [2.24, 2.45) is 0 Å². The summed E-state index contributed by atoms with van der Waals surface area (Å²) in [5.41, 5.74) is 1.09. The lowest BCUT2D eigenvalue weighted by atomic mass is 10.2. The van der Waals surface area contributed by atoms with E-state index in [-0.39, 0.29) is 17.0 Å². The van der Waals surface area contributed by atoms with Gasteiger partial charge in [-0.3, -0.25) is 9.59 Å². The second-order valence-corrected chi connectivity index (χ2v) is 5.90. The molecule has 1 heterocycles.